The Balaban J connectivity index is 1.64. The lowest BCUT2D eigenvalue weighted by Crippen LogP contribution is -2.41. The highest BCUT2D eigenvalue weighted by Gasteiger charge is 2.31. The first-order valence-corrected chi connectivity index (χ1v) is 9.26. The second-order valence-corrected chi connectivity index (χ2v) is 7.93. The van der Waals surface area contributed by atoms with Crippen molar-refractivity contribution < 1.29 is 17.5 Å². The minimum atomic E-state index is -3.53. The number of ether oxygens (including phenoxy) is 1. The van der Waals surface area contributed by atoms with Gasteiger partial charge >= 0.3 is 0 Å². The normalized spacial score (nSPS) is 19.3. The molecule has 0 saturated carbocycles. The van der Waals surface area contributed by atoms with E-state index >= 15 is 0 Å². The Kier molecular flexibility index (Phi) is 4.86. The van der Waals surface area contributed by atoms with Crippen molar-refractivity contribution in [3.63, 3.8) is 0 Å². The lowest BCUT2D eigenvalue weighted by Gasteiger charge is -2.31. The van der Waals surface area contributed by atoms with Gasteiger partial charge < -0.3 is 4.74 Å². The summed E-state index contributed by atoms with van der Waals surface area (Å²) < 4.78 is 47.0. The number of aromatic nitrogens is 2. The molecule has 0 amide bonds. The van der Waals surface area contributed by atoms with Crippen LogP contribution in [0.3, 0.4) is 0 Å². The molecule has 24 heavy (non-hydrogen) atoms. The second kappa shape index (κ2) is 6.90. The molecular formula is C16H20FN3O3S. The number of aryl methyl sites for hydroxylation is 1. The molecule has 1 aromatic heterocycles. The molecular weight excluding hydrogens is 333 g/mol. The summed E-state index contributed by atoms with van der Waals surface area (Å²) in [7, 11) is -1.84. The Morgan fingerprint density at radius 2 is 2.25 bits per heavy atom. The second-order valence-electron chi connectivity index (χ2n) is 5.99. The molecule has 8 heteroatoms. The molecule has 1 aromatic carbocycles. The monoisotopic (exact) mass is 353 g/mol. The molecule has 0 aliphatic carbocycles. The highest BCUT2D eigenvalue weighted by molar-refractivity contribution is 7.89. The molecule has 1 aliphatic rings. The summed E-state index contributed by atoms with van der Waals surface area (Å²) in [6.07, 6.45) is 4.52. The molecule has 0 unspecified atom stereocenters. The van der Waals surface area contributed by atoms with Crippen LogP contribution in [-0.2, 0) is 17.1 Å². The van der Waals surface area contributed by atoms with E-state index in [0.29, 0.717) is 25.4 Å². The van der Waals surface area contributed by atoms with Crippen LogP contribution in [0, 0.1) is 11.7 Å². The van der Waals surface area contributed by atoms with Gasteiger partial charge in [0.05, 0.1) is 12.8 Å². The van der Waals surface area contributed by atoms with Crippen LogP contribution in [-0.4, -0.2) is 42.2 Å². The Labute approximate surface area is 140 Å². The fraction of sp³-hybridized carbons (Fsp3) is 0.438. The number of sulfonamides is 1. The topological polar surface area (TPSA) is 64.4 Å². The predicted molar refractivity (Wildman–Crippen MR) is 86.6 cm³/mol. The van der Waals surface area contributed by atoms with Crippen molar-refractivity contribution in [2.75, 3.05) is 19.7 Å². The summed E-state index contributed by atoms with van der Waals surface area (Å²) in [6.45, 7) is 1.25. The number of nitrogens with zero attached hydrogens (tertiary/aromatic N) is 3. The smallest absolute Gasteiger partial charge is 0.246 e. The molecule has 1 aliphatic heterocycles. The van der Waals surface area contributed by atoms with Crippen molar-refractivity contribution in [3.05, 3.63) is 42.5 Å². The fourth-order valence-electron chi connectivity index (χ4n) is 2.83. The largest absolute Gasteiger partial charge is 0.493 e. The molecule has 0 bridgehead atoms. The van der Waals surface area contributed by atoms with Crippen LogP contribution in [0.5, 0.6) is 5.75 Å². The Morgan fingerprint density at radius 1 is 1.42 bits per heavy atom. The zero-order valence-electron chi connectivity index (χ0n) is 13.4. The summed E-state index contributed by atoms with van der Waals surface area (Å²) in [4.78, 5) is 0.205. The van der Waals surface area contributed by atoms with Gasteiger partial charge in [-0.05, 0) is 25.0 Å². The highest BCUT2D eigenvalue weighted by atomic mass is 32.2. The molecule has 1 saturated heterocycles. The van der Waals surface area contributed by atoms with E-state index in [1.165, 1.54) is 33.5 Å². The molecule has 1 atom stereocenters. The number of benzene rings is 1. The first kappa shape index (κ1) is 16.9. The van der Waals surface area contributed by atoms with Gasteiger partial charge in [-0.1, -0.05) is 6.07 Å². The average molecular weight is 353 g/mol. The first-order chi connectivity index (χ1) is 11.4. The van der Waals surface area contributed by atoms with E-state index in [2.05, 4.69) is 5.10 Å². The standard InChI is InChI=1S/C16H20FN3O3S/c1-19-11-16(9-18-19)24(21,22)20-7-3-4-13(10-20)12-23-15-6-2-5-14(17)8-15/h2,5-6,8-9,11,13H,3-4,7,10,12H2,1H3/t13-/m1/s1. The molecule has 0 N–H and O–H groups in total. The summed E-state index contributed by atoms with van der Waals surface area (Å²) >= 11 is 0. The molecule has 6 nitrogen and oxygen atoms in total. The fourth-order valence-corrected chi connectivity index (χ4v) is 4.37. The van der Waals surface area contributed by atoms with Crippen LogP contribution >= 0.6 is 0 Å². The summed E-state index contributed by atoms with van der Waals surface area (Å²) in [5.74, 6) is 0.188. The average Bonchev–Trinajstić information content (AvgIpc) is 3.01. The van der Waals surface area contributed by atoms with Gasteiger partial charge in [-0.2, -0.15) is 9.40 Å². The van der Waals surface area contributed by atoms with Crippen molar-refractivity contribution in [1.29, 1.82) is 0 Å². The maximum absolute atomic E-state index is 13.2. The van der Waals surface area contributed by atoms with E-state index in [9.17, 15) is 12.8 Å². The predicted octanol–water partition coefficient (Wildman–Crippen LogP) is 2.04. The number of piperidine rings is 1. The van der Waals surface area contributed by atoms with Crippen molar-refractivity contribution >= 4 is 10.0 Å². The lowest BCUT2D eigenvalue weighted by atomic mass is 10.0. The van der Waals surface area contributed by atoms with Crippen LogP contribution in [0.4, 0.5) is 4.39 Å². The molecule has 0 radical (unpaired) electrons. The Morgan fingerprint density at radius 3 is 2.96 bits per heavy atom. The SMILES string of the molecule is Cn1cc(S(=O)(=O)N2CCC[C@@H](COc3cccc(F)c3)C2)cn1. The van der Waals surface area contributed by atoms with Crippen molar-refractivity contribution in [2.24, 2.45) is 13.0 Å². The van der Waals surface area contributed by atoms with Gasteiger partial charge in [0.1, 0.15) is 16.5 Å². The van der Waals surface area contributed by atoms with E-state index in [1.807, 2.05) is 0 Å². The van der Waals surface area contributed by atoms with Gasteiger partial charge in [0.25, 0.3) is 0 Å². The molecule has 130 valence electrons. The highest BCUT2D eigenvalue weighted by Crippen LogP contribution is 2.24. The zero-order valence-corrected chi connectivity index (χ0v) is 14.2. The minimum absolute atomic E-state index is 0.0773. The minimum Gasteiger partial charge on any atom is -0.493 e. The summed E-state index contributed by atoms with van der Waals surface area (Å²) in [6, 6.07) is 5.96. The van der Waals surface area contributed by atoms with Gasteiger partial charge in [0.15, 0.2) is 0 Å². The van der Waals surface area contributed by atoms with Gasteiger partial charge in [-0.3, -0.25) is 4.68 Å². The van der Waals surface area contributed by atoms with Crippen LogP contribution in [0.25, 0.3) is 0 Å². The quantitative estimate of drug-likeness (QED) is 0.825. The zero-order chi connectivity index (χ0) is 17.2. The summed E-state index contributed by atoms with van der Waals surface area (Å²) in [5, 5.41) is 3.93. The van der Waals surface area contributed by atoms with E-state index in [0.717, 1.165) is 12.8 Å². The van der Waals surface area contributed by atoms with E-state index in [4.69, 9.17) is 4.74 Å². The first-order valence-electron chi connectivity index (χ1n) is 7.82. The Hall–Kier alpha value is -1.93. The number of halogens is 1. The molecule has 2 heterocycles. The number of rotatable bonds is 5. The molecule has 1 fully saturated rings. The van der Waals surface area contributed by atoms with E-state index in [1.54, 1.807) is 19.2 Å². The number of hydrogen-bond donors (Lipinski definition) is 0. The maximum Gasteiger partial charge on any atom is 0.246 e. The van der Waals surface area contributed by atoms with Crippen molar-refractivity contribution in [3.8, 4) is 5.75 Å². The Bertz CT molecular complexity index is 806. The third kappa shape index (κ3) is 3.76. The summed E-state index contributed by atoms with van der Waals surface area (Å²) in [5.41, 5.74) is 0. The van der Waals surface area contributed by atoms with Gasteiger partial charge in [-0.15, -0.1) is 0 Å². The van der Waals surface area contributed by atoms with E-state index < -0.39 is 10.0 Å². The lowest BCUT2D eigenvalue weighted by molar-refractivity contribution is 0.180. The van der Waals surface area contributed by atoms with E-state index in [-0.39, 0.29) is 16.6 Å². The third-order valence-electron chi connectivity index (χ3n) is 4.08. The van der Waals surface area contributed by atoms with Crippen LogP contribution in [0.2, 0.25) is 0 Å². The molecule has 3 rings (SSSR count). The molecule has 0 spiro atoms. The molecule has 2 aromatic rings. The van der Waals surface area contributed by atoms with Crippen LogP contribution in [0.15, 0.2) is 41.6 Å². The third-order valence-corrected chi connectivity index (χ3v) is 5.90. The number of hydrogen-bond acceptors (Lipinski definition) is 4. The maximum atomic E-state index is 13.2. The van der Waals surface area contributed by atoms with Crippen molar-refractivity contribution in [1.82, 2.24) is 14.1 Å². The van der Waals surface area contributed by atoms with Gasteiger partial charge in [0.2, 0.25) is 10.0 Å². The van der Waals surface area contributed by atoms with Crippen LogP contribution in [0.1, 0.15) is 12.8 Å². The van der Waals surface area contributed by atoms with Crippen molar-refractivity contribution in [2.45, 2.75) is 17.7 Å². The van der Waals surface area contributed by atoms with Gasteiger partial charge in [-0.25, -0.2) is 12.8 Å². The van der Waals surface area contributed by atoms with Gasteiger partial charge in [0, 0.05) is 38.3 Å². The van der Waals surface area contributed by atoms with Crippen LogP contribution < -0.4 is 4.74 Å².